The highest BCUT2D eigenvalue weighted by molar-refractivity contribution is 5.90. The lowest BCUT2D eigenvalue weighted by Crippen LogP contribution is -2.52. The van der Waals surface area contributed by atoms with Gasteiger partial charge in [-0.2, -0.15) is 52.7 Å². The van der Waals surface area contributed by atoms with Gasteiger partial charge >= 0.3 is 36.0 Å². The maximum atomic E-state index is 14.3. The van der Waals surface area contributed by atoms with E-state index in [0.717, 1.165) is 0 Å². The van der Waals surface area contributed by atoms with Crippen LogP contribution in [0.1, 0.15) is 18.1 Å². The number of hydrogen-bond acceptors (Lipinski definition) is 1. The quantitative estimate of drug-likeness (QED) is 0.521. The van der Waals surface area contributed by atoms with Gasteiger partial charge in [-0.25, -0.2) is 8.78 Å². The molecule has 0 unspecified atom stereocenters. The average Bonchev–Trinajstić information content (AvgIpc) is 2.48. The molecule has 1 aromatic rings. The Morgan fingerprint density at radius 1 is 0.667 bits per heavy atom. The fourth-order valence-electron chi connectivity index (χ4n) is 2.30. The second kappa shape index (κ2) is 7.14. The highest BCUT2D eigenvalue weighted by Crippen LogP contribution is 2.58. The molecule has 0 aromatic heterocycles. The summed E-state index contributed by atoms with van der Waals surface area (Å²) >= 11 is 0. The minimum atomic E-state index is -6.98. The molecular weight excluding hydrogens is 464 g/mol. The van der Waals surface area contributed by atoms with E-state index in [0.29, 0.717) is 6.92 Å². The number of hydrogen-bond donors (Lipinski definition) is 1. The van der Waals surface area contributed by atoms with E-state index in [-0.39, 0.29) is 6.07 Å². The first-order valence-corrected chi connectivity index (χ1v) is 7.09. The van der Waals surface area contributed by atoms with Crippen molar-refractivity contribution in [1.82, 2.24) is 0 Å². The van der Waals surface area contributed by atoms with Gasteiger partial charge in [0, 0.05) is 23.7 Å². The number of carbonyl (C=O) groups is 1. The van der Waals surface area contributed by atoms with E-state index >= 15 is 0 Å². The first-order valence-electron chi connectivity index (χ1n) is 7.09. The molecular formula is C14H7F14NO. The van der Waals surface area contributed by atoms with Gasteiger partial charge in [-0.1, -0.05) is 6.07 Å². The Balaban J connectivity index is 4.10. The van der Waals surface area contributed by atoms with Crippen molar-refractivity contribution in [3.8, 4) is 0 Å². The first kappa shape index (κ1) is 25.7. The molecule has 0 fully saturated rings. The SMILES string of the molecule is CC(=O)Nc1ccc(C(F)(C(F)(F)F)C(F)(F)F)cc1C(F)(C(F)(F)F)C(F)(F)F. The van der Waals surface area contributed by atoms with E-state index in [1.807, 2.05) is 0 Å². The molecule has 0 heterocycles. The Hall–Kier alpha value is -2.29. The first-order chi connectivity index (χ1) is 13.0. The van der Waals surface area contributed by atoms with E-state index < -0.39 is 70.9 Å². The third-order valence-corrected chi connectivity index (χ3v) is 3.66. The van der Waals surface area contributed by atoms with Crippen molar-refractivity contribution < 1.29 is 66.3 Å². The van der Waals surface area contributed by atoms with Gasteiger partial charge < -0.3 is 5.32 Å². The summed E-state index contributed by atoms with van der Waals surface area (Å²) in [5.41, 5.74) is -20.5. The molecule has 30 heavy (non-hydrogen) atoms. The van der Waals surface area contributed by atoms with Crippen LogP contribution in [0.3, 0.4) is 0 Å². The zero-order valence-corrected chi connectivity index (χ0v) is 13.9. The van der Waals surface area contributed by atoms with Crippen molar-refractivity contribution >= 4 is 11.6 Å². The molecule has 1 aromatic carbocycles. The molecule has 0 atom stereocenters. The summed E-state index contributed by atoms with van der Waals surface area (Å²) in [5.74, 6) is -1.46. The number of nitrogens with one attached hydrogen (secondary N) is 1. The molecule has 172 valence electrons. The molecule has 0 aliphatic rings. The Bertz CT molecular complexity index is 773. The standard InChI is InChI=1S/C14H7F14NO/c1-5(30)29-8-3-2-6(9(15,11(17,18)19)12(20,21)22)4-7(8)10(16,13(23,24)25)14(26,27)28/h2-4H,1H3,(H,29,30). The number of anilines is 1. The Morgan fingerprint density at radius 3 is 1.33 bits per heavy atom. The molecule has 1 amide bonds. The molecule has 0 aliphatic carbocycles. The van der Waals surface area contributed by atoms with E-state index in [1.54, 1.807) is 0 Å². The van der Waals surface area contributed by atoms with Gasteiger partial charge in [0.15, 0.2) is 0 Å². The van der Waals surface area contributed by atoms with Crippen LogP contribution >= 0.6 is 0 Å². The third-order valence-electron chi connectivity index (χ3n) is 3.66. The van der Waals surface area contributed by atoms with E-state index in [9.17, 15) is 66.3 Å². The summed E-state index contributed by atoms with van der Waals surface area (Å²) in [6, 6.07) is -2.06. The maximum Gasteiger partial charge on any atom is 0.436 e. The molecule has 16 heteroatoms. The summed E-state index contributed by atoms with van der Waals surface area (Å²) < 4.78 is 183. The molecule has 2 nitrogen and oxygen atoms in total. The van der Waals surface area contributed by atoms with E-state index in [2.05, 4.69) is 0 Å². The molecule has 0 aliphatic heterocycles. The van der Waals surface area contributed by atoms with Crippen LogP contribution in [-0.4, -0.2) is 30.6 Å². The van der Waals surface area contributed by atoms with Crippen molar-refractivity contribution in [3.63, 3.8) is 0 Å². The lowest BCUT2D eigenvalue weighted by Gasteiger charge is -2.34. The van der Waals surface area contributed by atoms with Crippen LogP contribution < -0.4 is 5.32 Å². The normalized spacial score (nSPS) is 14.6. The van der Waals surface area contributed by atoms with Crippen LogP contribution in [0.25, 0.3) is 0 Å². The Labute approximate surface area is 156 Å². The van der Waals surface area contributed by atoms with Gasteiger partial charge in [0.25, 0.3) is 0 Å². The highest BCUT2D eigenvalue weighted by atomic mass is 19.4. The van der Waals surface area contributed by atoms with Gasteiger partial charge in [0.1, 0.15) is 0 Å². The monoisotopic (exact) mass is 471 g/mol. The average molecular weight is 471 g/mol. The van der Waals surface area contributed by atoms with Crippen molar-refractivity contribution in [2.45, 2.75) is 43.0 Å². The topological polar surface area (TPSA) is 29.1 Å². The van der Waals surface area contributed by atoms with Crippen LogP contribution in [0.4, 0.5) is 67.2 Å². The summed E-state index contributed by atoms with van der Waals surface area (Å²) in [6.07, 6.45) is -27.8. The molecule has 1 rings (SSSR count). The molecule has 0 saturated heterocycles. The summed E-state index contributed by atoms with van der Waals surface area (Å²) in [6.45, 7) is 0.476. The van der Waals surface area contributed by atoms with Crippen LogP contribution in [0, 0.1) is 0 Å². The van der Waals surface area contributed by atoms with Gasteiger partial charge in [-0.3, -0.25) is 4.79 Å². The Kier molecular flexibility index (Phi) is 6.13. The van der Waals surface area contributed by atoms with E-state index in [1.165, 1.54) is 5.32 Å². The van der Waals surface area contributed by atoms with Crippen molar-refractivity contribution in [1.29, 1.82) is 0 Å². The van der Waals surface area contributed by atoms with Crippen molar-refractivity contribution in [3.05, 3.63) is 29.3 Å². The number of alkyl halides is 14. The summed E-state index contributed by atoms with van der Waals surface area (Å²) in [5, 5.41) is 1.22. The second-order valence-electron chi connectivity index (χ2n) is 5.75. The van der Waals surface area contributed by atoms with Crippen LogP contribution in [0.2, 0.25) is 0 Å². The highest BCUT2D eigenvalue weighted by Gasteiger charge is 2.76. The number of amides is 1. The molecule has 1 N–H and O–H groups in total. The minimum absolute atomic E-state index is 0.344. The van der Waals surface area contributed by atoms with Gasteiger partial charge in [-0.15, -0.1) is 0 Å². The molecule has 0 saturated carbocycles. The second-order valence-corrected chi connectivity index (χ2v) is 5.75. The maximum absolute atomic E-state index is 14.3. The number of carbonyl (C=O) groups excluding carboxylic acids is 1. The third kappa shape index (κ3) is 3.99. The Morgan fingerprint density at radius 2 is 1.03 bits per heavy atom. The van der Waals surface area contributed by atoms with Gasteiger partial charge in [0.05, 0.1) is 0 Å². The zero-order chi connectivity index (χ0) is 24.1. The summed E-state index contributed by atoms with van der Waals surface area (Å²) in [4.78, 5) is 11.0. The van der Waals surface area contributed by atoms with E-state index in [4.69, 9.17) is 0 Å². The number of halogens is 14. The predicted molar refractivity (Wildman–Crippen MR) is 70.5 cm³/mol. The van der Waals surface area contributed by atoms with Crippen molar-refractivity contribution in [2.24, 2.45) is 0 Å². The number of rotatable bonds is 3. The molecule has 0 spiro atoms. The van der Waals surface area contributed by atoms with Gasteiger partial charge in [0.2, 0.25) is 5.91 Å². The largest absolute Gasteiger partial charge is 0.436 e. The molecule has 0 radical (unpaired) electrons. The smallest absolute Gasteiger partial charge is 0.326 e. The zero-order valence-electron chi connectivity index (χ0n) is 13.9. The van der Waals surface area contributed by atoms with Crippen LogP contribution in [0.15, 0.2) is 18.2 Å². The molecule has 0 bridgehead atoms. The van der Waals surface area contributed by atoms with Crippen molar-refractivity contribution in [2.75, 3.05) is 5.32 Å². The number of benzene rings is 1. The fourth-order valence-corrected chi connectivity index (χ4v) is 2.30. The fraction of sp³-hybridized carbons (Fsp3) is 0.500. The van der Waals surface area contributed by atoms with Crippen LogP contribution in [-0.2, 0) is 16.1 Å². The minimum Gasteiger partial charge on any atom is -0.326 e. The summed E-state index contributed by atoms with van der Waals surface area (Å²) in [7, 11) is 0. The lowest BCUT2D eigenvalue weighted by atomic mass is 9.86. The van der Waals surface area contributed by atoms with Gasteiger partial charge in [-0.05, 0) is 12.1 Å². The lowest BCUT2D eigenvalue weighted by molar-refractivity contribution is -0.350. The van der Waals surface area contributed by atoms with Crippen LogP contribution in [0.5, 0.6) is 0 Å². The predicted octanol–water partition coefficient (Wildman–Crippen LogP) is 6.22.